The molecule has 0 fully saturated rings. The molecule has 1 N–H and O–H groups in total. The maximum atomic E-state index is 9.50. The van der Waals surface area contributed by atoms with Crippen molar-refractivity contribution in [3.05, 3.63) is 18.0 Å². The molecule has 0 aromatic carbocycles. The second kappa shape index (κ2) is 2.09. The first-order valence-corrected chi connectivity index (χ1v) is 3.22. The van der Waals surface area contributed by atoms with E-state index in [1.807, 2.05) is 7.05 Å². The van der Waals surface area contributed by atoms with E-state index in [0.29, 0.717) is 0 Å². The number of aromatic nitrogens is 2. The molecule has 0 aliphatic heterocycles. The maximum absolute atomic E-state index is 9.50. The lowest BCUT2D eigenvalue weighted by molar-refractivity contribution is 0.0696. The van der Waals surface area contributed by atoms with Crippen LogP contribution in [0.15, 0.2) is 12.3 Å². The van der Waals surface area contributed by atoms with E-state index in [0.717, 1.165) is 5.69 Å². The summed E-state index contributed by atoms with van der Waals surface area (Å²) in [5, 5.41) is 13.4. The molecule has 0 aliphatic carbocycles. The van der Waals surface area contributed by atoms with Crippen LogP contribution >= 0.6 is 0 Å². The fourth-order valence-corrected chi connectivity index (χ4v) is 0.974. The third kappa shape index (κ3) is 1.19. The van der Waals surface area contributed by atoms with E-state index < -0.39 is 5.60 Å². The number of nitrogens with zero attached hydrogens (tertiary/aromatic N) is 2. The molecule has 3 heteroatoms. The largest absolute Gasteiger partial charge is 0.384 e. The van der Waals surface area contributed by atoms with Crippen molar-refractivity contribution in [2.75, 3.05) is 0 Å². The molecule has 0 saturated heterocycles. The molecule has 1 heterocycles. The van der Waals surface area contributed by atoms with Crippen molar-refractivity contribution in [1.29, 1.82) is 0 Å². The maximum Gasteiger partial charge on any atom is 0.101 e. The molecule has 0 amide bonds. The first kappa shape index (κ1) is 7.28. The third-order valence-electron chi connectivity index (χ3n) is 1.45. The predicted octanol–water partition coefficient (Wildman–Crippen LogP) is 0.647. The summed E-state index contributed by atoms with van der Waals surface area (Å²) in [5.74, 6) is 0. The topological polar surface area (TPSA) is 38.0 Å². The molecule has 0 aliphatic rings. The van der Waals surface area contributed by atoms with Gasteiger partial charge < -0.3 is 5.11 Å². The molecule has 3 nitrogen and oxygen atoms in total. The fourth-order valence-electron chi connectivity index (χ4n) is 0.974. The zero-order chi connectivity index (χ0) is 7.78. The summed E-state index contributed by atoms with van der Waals surface area (Å²) in [5.41, 5.74) is 0.0399. The number of aryl methyl sites for hydroxylation is 1. The number of rotatable bonds is 1. The Hall–Kier alpha value is -0.830. The Bertz CT molecular complexity index is 222. The van der Waals surface area contributed by atoms with Crippen LogP contribution in [0.25, 0.3) is 0 Å². The minimum Gasteiger partial charge on any atom is -0.384 e. The van der Waals surface area contributed by atoms with E-state index in [9.17, 15) is 5.11 Å². The lowest BCUT2D eigenvalue weighted by atomic mass is 10.1. The number of aliphatic hydroxyl groups is 1. The van der Waals surface area contributed by atoms with Gasteiger partial charge in [-0.15, -0.1) is 0 Å². The van der Waals surface area contributed by atoms with Crippen molar-refractivity contribution >= 4 is 0 Å². The molecule has 56 valence electrons. The lowest BCUT2D eigenvalue weighted by Crippen LogP contribution is -2.19. The summed E-state index contributed by atoms with van der Waals surface area (Å²) >= 11 is 0. The zero-order valence-corrected chi connectivity index (χ0v) is 6.50. The molecule has 0 spiro atoms. The second-order valence-electron chi connectivity index (χ2n) is 2.90. The summed E-state index contributed by atoms with van der Waals surface area (Å²) in [6.45, 7) is 3.48. The zero-order valence-electron chi connectivity index (χ0n) is 6.50. The molecule has 0 bridgehead atoms. The molecule has 0 radical (unpaired) electrons. The Morgan fingerprint density at radius 1 is 1.60 bits per heavy atom. The van der Waals surface area contributed by atoms with E-state index in [-0.39, 0.29) is 0 Å². The van der Waals surface area contributed by atoms with Gasteiger partial charge in [0, 0.05) is 13.2 Å². The van der Waals surface area contributed by atoms with E-state index in [4.69, 9.17) is 0 Å². The fraction of sp³-hybridized carbons (Fsp3) is 0.571. The van der Waals surface area contributed by atoms with Crippen LogP contribution in [0.5, 0.6) is 0 Å². The van der Waals surface area contributed by atoms with E-state index in [1.54, 1.807) is 30.8 Å². The van der Waals surface area contributed by atoms with Crippen molar-refractivity contribution in [1.82, 2.24) is 9.78 Å². The van der Waals surface area contributed by atoms with Gasteiger partial charge in [-0.1, -0.05) is 0 Å². The highest BCUT2D eigenvalue weighted by atomic mass is 16.3. The number of hydrogen-bond acceptors (Lipinski definition) is 2. The van der Waals surface area contributed by atoms with Gasteiger partial charge in [0.05, 0.1) is 5.69 Å². The summed E-state index contributed by atoms with van der Waals surface area (Å²) < 4.78 is 1.67. The molecule has 1 aromatic rings. The predicted molar refractivity (Wildman–Crippen MR) is 38.5 cm³/mol. The normalized spacial score (nSPS) is 12.0. The van der Waals surface area contributed by atoms with Crippen molar-refractivity contribution in [2.24, 2.45) is 7.05 Å². The Kier molecular flexibility index (Phi) is 1.52. The molecule has 0 saturated carbocycles. The number of hydrogen-bond donors (Lipinski definition) is 1. The Balaban J connectivity index is 3.05. The van der Waals surface area contributed by atoms with E-state index >= 15 is 0 Å². The van der Waals surface area contributed by atoms with Gasteiger partial charge in [0.25, 0.3) is 0 Å². The first-order chi connectivity index (χ1) is 4.52. The van der Waals surface area contributed by atoms with Crippen LogP contribution in [0.2, 0.25) is 0 Å². The van der Waals surface area contributed by atoms with Crippen molar-refractivity contribution < 1.29 is 5.11 Å². The quantitative estimate of drug-likeness (QED) is 0.622. The van der Waals surface area contributed by atoms with Crippen LogP contribution < -0.4 is 0 Å². The van der Waals surface area contributed by atoms with Crippen LogP contribution in [0.3, 0.4) is 0 Å². The molecule has 1 rings (SSSR count). The van der Waals surface area contributed by atoms with Crippen LogP contribution in [0, 0.1) is 0 Å². The van der Waals surface area contributed by atoms with E-state index in [2.05, 4.69) is 5.10 Å². The van der Waals surface area contributed by atoms with Gasteiger partial charge >= 0.3 is 0 Å². The van der Waals surface area contributed by atoms with Crippen molar-refractivity contribution in [3.63, 3.8) is 0 Å². The lowest BCUT2D eigenvalue weighted by Gasteiger charge is -2.16. The molecular weight excluding hydrogens is 128 g/mol. The smallest absolute Gasteiger partial charge is 0.101 e. The summed E-state index contributed by atoms with van der Waals surface area (Å²) in [6.07, 6.45) is 1.67. The minimum atomic E-state index is -0.786. The van der Waals surface area contributed by atoms with Gasteiger partial charge in [-0.05, 0) is 19.9 Å². The standard InChI is InChI=1S/C7H12N2O/c1-7(2,10)6-4-5-8-9(6)3/h4-5,10H,1-3H3. The Morgan fingerprint density at radius 3 is 2.40 bits per heavy atom. The van der Waals surface area contributed by atoms with Gasteiger partial charge in [0.15, 0.2) is 0 Å². The summed E-state index contributed by atoms with van der Waals surface area (Å²) in [7, 11) is 1.81. The van der Waals surface area contributed by atoms with Crippen LogP contribution in [0.4, 0.5) is 0 Å². The first-order valence-electron chi connectivity index (χ1n) is 3.22. The summed E-state index contributed by atoms with van der Waals surface area (Å²) in [4.78, 5) is 0. The molecular formula is C7H12N2O. The van der Waals surface area contributed by atoms with Gasteiger partial charge in [-0.3, -0.25) is 4.68 Å². The van der Waals surface area contributed by atoms with Crippen LogP contribution in [-0.2, 0) is 12.6 Å². The minimum absolute atomic E-state index is 0.786. The molecule has 1 aromatic heterocycles. The van der Waals surface area contributed by atoms with Gasteiger partial charge in [-0.25, -0.2) is 0 Å². The molecule has 10 heavy (non-hydrogen) atoms. The Morgan fingerprint density at radius 2 is 2.20 bits per heavy atom. The highest BCUT2D eigenvalue weighted by Gasteiger charge is 2.18. The van der Waals surface area contributed by atoms with Gasteiger partial charge in [0.2, 0.25) is 0 Å². The average Bonchev–Trinajstić information content (AvgIpc) is 2.11. The van der Waals surface area contributed by atoms with Gasteiger partial charge in [-0.2, -0.15) is 5.10 Å². The SMILES string of the molecule is Cn1nccc1C(C)(C)O. The summed E-state index contributed by atoms with van der Waals surface area (Å²) in [6, 6.07) is 1.81. The highest BCUT2D eigenvalue weighted by Crippen LogP contribution is 2.17. The highest BCUT2D eigenvalue weighted by molar-refractivity contribution is 5.08. The Labute approximate surface area is 60.3 Å². The second-order valence-corrected chi connectivity index (χ2v) is 2.90. The van der Waals surface area contributed by atoms with Crippen LogP contribution in [-0.4, -0.2) is 14.9 Å². The molecule has 0 unspecified atom stereocenters. The van der Waals surface area contributed by atoms with Gasteiger partial charge in [0.1, 0.15) is 5.60 Å². The molecule has 0 atom stereocenters. The third-order valence-corrected chi connectivity index (χ3v) is 1.45. The van der Waals surface area contributed by atoms with Crippen molar-refractivity contribution in [3.8, 4) is 0 Å². The van der Waals surface area contributed by atoms with E-state index in [1.165, 1.54) is 0 Å². The average molecular weight is 140 g/mol. The van der Waals surface area contributed by atoms with Crippen molar-refractivity contribution in [2.45, 2.75) is 19.4 Å². The monoisotopic (exact) mass is 140 g/mol. The van der Waals surface area contributed by atoms with Crippen LogP contribution in [0.1, 0.15) is 19.5 Å².